The fourth-order valence-electron chi connectivity index (χ4n) is 1.11. The van der Waals surface area contributed by atoms with E-state index >= 15 is 0 Å². The first-order valence-electron chi connectivity index (χ1n) is 3.82. The monoisotopic (exact) mass is 187 g/mol. The zero-order chi connectivity index (χ0) is 10.0. The maximum absolute atomic E-state index is 10.6. The topological polar surface area (TPSA) is 87.4 Å². The third-order valence-corrected chi connectivity index (χ3v) is 1.62. The van der Waals surface area contributed by atoms with E-state index in [1.165, 1.54) is 0 Å². The van der Waals surface area contributed by atoms with E-state index in [4.69, 9.17) is 10.2 Å². The Morgan fingerprint density at radius 3 is 2.69 bits per heavy atom. The zero-order valence-electron chi connectivity index (χ0n) is 7.39. The lowest BCUT2D eigenvalue weighted by Gasteiger charge is -1.97. The summed E-state index contributed by atoms with van der Waals surface area (Å²) < 4.78 is 5.65. The number of hydrogen-bond acceptors (Lipinski definition) is 4. The number of aromatic nitrogens is 2. The number of carboxylic acids is 1. The molecule has 72 valence electrons. The smallest absolute Gasteiger partial charge is 0.389 e. The van der Waals surface area contributed by atoms with E-state index in [1.807, 2.05) is 0 Å². The minimum Gasteiger partial charge on any atom is -0.475 e. The molecule has 0 amide bonds. The normalized spacial score (nSPS) is 10.8. The summed E-state index contributed by atoms with van der Waals surface area (Å²) in [7, 11) is 0. The first kappa shape index (κ1) is 9.66. The number of nitrogens with zero attached hydrogens (tertiary/aromatic N) is 2. The van der Waals surface area contributed by atoms with Gasteiger partial charge in [-0.15, -0.1) is 0 Å². The predicted octanol–water partition coefficient (Wildman–Crippen LogP) is -0.266. The molecule has 1 aromatic heterocycles. The molecule has 0 aliphatic carbocycles. The van der Waals surface area contributed by atoms with E-state index in [0.717, 1.165) is 4.74 Å². The Kier molecular flexibility index (Phi) is 2.62. The van der Waals surface area contributed by atoms with Crippen LogP contribution in [0.3, 0.4) is 0 Å². The first-order valence-corrected chi connectivity index (χ1v) is 3.82. The summed E-state index contributed by atoms with van der Waals surface area (Å²) in [5.41, 5.74) is 0.235. The number of rotatable bonds is 3. The second-order valence-corrected chi connectivity index (χ2v) is 2.89. The molecule has 0 bridgehead atoms. The first-order chi connectivity index (χ1) is 6.07. The number of aromatic carboxylic acids is 1. The second-order valence-electron chi connectivity index (χ2n) is 2.89. The fourth-order valence-corrected chi connectivity index (χ4v) is 1.11. The standard InChI is InChI=1S/C7H10N2O4/c1-4(2)6-5(7(11)12)8-13-9(6)3-10/h4,10H,3H2,1-2H3/p+1. The molecule has 0 fully saturated rings. The van der Waals surface area contributed by atoms with Gasteiger partial charge in [-0.3, -0.25) is 0 Å². The maximum Gasteiger partial charge on any atom is 0.389 e. The summed E-state index contributed by atoms with van der Waals surface area (Å²) >= 11 is 0. The summed E-state index contributed by atoms with van der Waals surface area (Å²) in [4.78, 5) is 10.6. The van der Waals surface area contributed by atoms with Gasteiger partial charge in [-0.1, -0.05) is 18.5 Å². The van der Waals surface area contributed by atoms with Crippen molar-refractivity contribution in [2.45, 2.75) is 26.5 Å². The van der Waals surface area contributed by atoms with Crippen molar-refractivity contribution in [2.75, 3.05) is 0 Å². The highest BCUT2D eigenvalue weighted by Gasteiger charge is 2.31. The Morgan fingerprint density at radius 1 is 1.69 bits per heavy atom. The molecule has 6 nitrogen and oxygen atoms in total. The third kappa shape index (κ3) is 1.67. The van der Waals surface area contributed by atoms with Crippen LogP contribution in [0.25, 0.3) is 0 Å². The lowest BCUT2D eigenvalue weighted by Crippen LogP contribution is -2.37. The van der Waals surface area contributed by atoms with Crippen LogP contribution in [0.5, 0.6) is 0 Å². The minimum atomic E-state index is -1.15. The second kappa shape index (κ2) is 3.53. The van der Waals surface area contributed by atoms with Gasteiger partial charge < -0.3 is 10.2 Å². The van der Waals surface area contributed by atoms with Crippen LogP contribution < -0.4 is 4.74 Å². The van der Waals surface area contributed by atoms with E-state index in [2.05, 4.69) is 9.79 Å². The van der Waals surface area contributed by atoms with Crippen molar-refractivity contribution in [1.29, 1.82) is 0 Å². The molecule has 1 heterocycles. The number of carbonyl (C=O) groups is 1. The van der Waals surface area contributed by atoms with Crippen molar-refractivity contribution in [1.82, 2.24) is 5.16 Å². The molecule has 1 aromatic rings. The highest BCUT2D eigenvalue weighted by molar-refractivity contribution is 5.86. The highest BCUT2D eigenvalue weighted by Crippen LogP contribution is 2.13. The van der Waals surface area contributed by atoms with Crippen LogP contribution in [0.4, 0.5) is 0 Å². The Hall–Kier alpha value is -1.43. The van der Waals surface area contributed by atoms with E-state index < -0.39 is 12.7 Å². The van der Waals surface area contributed by atoms with E-state index in [1.54, 1.807) is 13.8 Å². The van der Waals surface area contributed by atoms with E-state index in [-0.39, 0.29) is 11.6 Å². The SMILES string of the molecule is CC(C)c1c(C(=O)O)no[n+]1CO. The molecular weight excluding hydrogens is 176 g/mol. The fraction of sp³-hybridized carbons (Fsp3) is 0.571. The van der Waals surface area contributed by atoms with Crippen molar-refractivity contribution in [3.63, 3.8) is 0 Å². The van der Waals surface area contributed by atoms with Crippen LogP contribution >= 0.6 is 0 Å². The highest BCUT2D eigenvalue weighted by atomic mass is 16.6. The average molecular weight is 187 g/mol. The molecule has 0 radical (unpaired) electrons. The van der Waals surface area contributed by atoms with Crippen LogP contribution in [-0.2, 0) is 6.73 Å². The molecule has 6 heteroatoms. The van der Waals surface area contributed by atoms with Gasteiger partial charge in [0, 0.05) is 5.92 Å². The Morgan fingerprint density at radius 2 is 2.31 bits per heavy atom. The molecule has 0 aliphatic rings. The maximum atomic E-state index is 10.6. The van der Waals surface area contributed by atoms with Crippen LogP contribution in [0.1, 0.15) is 35.9 Å². The van der Waals surface area contributed by atoms with Gasteiger partial charge in [-0.2, -0.15) is 0 Å². The molecule has 0 saturated heterocycles. The van der Waals surface area contributed by atoms with Gasteiger partial charge in [0.1, 0.15) is 0 Å². The number of aliphatic hydroxyl groups is 1. The van der Waals surface area contributed by atoms with Crippen molar-refractivity contribution in [3.8, 4) is 0 Å². The molecule has 0 unspecified atom stereocenters. The average Bonchev–Trinajstić information content (AvgIpc) is 2.46. The summed E-state index contributed by atoms with van der Waals surface area (Å²) in [5.74, 6) is -1.22. The Bertz CT molecular complexity index is 318. The molecule has 0 atom stereocenters. The largest absolute Gasteiger partial charge is 0.475 e. The van der Waals surface area contributed by atoms with Gasteiger partial charge in [0.25, 0.3) is 0 Å². The molecular formula is C7H11N2O4+. The van der Waals surface area contributed by atoms with Gasteiger partial charge >= 0.3 is 11.7 Å². The number of aliphatic hydroxyl groups excluding tert-OH is 1. The van der Waals surface area contributed by atoms with Crippen LogP contribution in [0.2, 0.25) is 0 Å². The van der Waals surface area contributed by atoms with E-state index in [9.17, 15) is 4.79 Å². The molecule has 0 spiro atoms. The summed E-state index contributed by atoms with van der Waals surface area (Å²) in [5, 5.41) is 20.8. The van der Waals surface area contributed by atoms with Crippen LogP contribution in [0.15, 0.2) is 4.63 Å². The van der Waals surface area contributed by atoms with Crippen LogP contribution in [0, 0.1) is 0 Å². The number of carboxylic acid groups (broad SMARTS) is 1. The van der Waals surface area contributed by atoms with E-state index in [0.29, 0.717) is 5.69 Å². The Labute approximate surface area is 74.4 Å². The van der Waals surface area contributed by atoms with Gasteiger partial charge in [-0.05, 0) is 4.74 Å². The van der Waals surface area contributed by atoms with Crippen molar-refractivity contribution < 1.29 is 24.4 Å². The van der Waals surface area contributed by atoms with Gasteiger partial charge in [0.2, 0.25) is 12.4 Å². The molecule has 2 N–H and O–H groups in total. The lowest BCUT2D eigenvalue weighted by molar-refractivity contribution is -0.899. The summed E-state index contributed by atoms with van der Waals surface area (Å²) in [6, 6.07) is 0. The molecule has 13 heavy (non-hydrogen) atoms. The van der Waals surface area contributed by atoms with Gasteiger partial charge in [0.15, 0.2) is 5.16 Å². The van der Waals surface area contributed by atoms with Gasteiger partial charge in [0.05, 0.1) is 0 Å². The lowest BCUT2D eigenvalue weighted by atomic mass is 10.1. The Balaban J connectivity index is 3.22. The van der Waals surface area contributed by atoms with Crippen molar-refractivity contribution >= 4 is 5.97 Å². The predicted molar refractivity (Wildman–Crippen MR) is 40.0 cm³/mol. The third-order valence-electron chi connectivity index (χ3n) is 1.62. The van der Waals surface area contributed by atoms with Crippen molar-refractivity contribution in [3.05, 3.63) is 11.4 Å². The molecule has 0 aliphatic heterocycles. The summed E-state index contributed by atoms with van der Waals surface area (Å²) in [6.45, 7) is 3.18. The molecule has 1 rings (SSSR count). The van der Waals surface area contributed by atoms with Crippen molar-refractivity contribution in [2.24, 2.45) is 0 Å². The molecule has 0 aromatic carbocycles. The molecule has 0 saturated carbocycles. The van der Waals surface area contributed by atoms with Crippen LogP contribution in [-0.4, -0.2) is 21.3 Å². The minimum absolute atomic E-state index is 0.0653. The summed E-state index contributed by atoms with van der Waals surface area (Å²) in [6.07, 6.45) is 0. The quantitative estimate of drug-likeness (QED) is 0.636. The van der Waals surface area contributed by atoms with Gasteiger partial charge in [-0.25, -0.2) is 4.79 Å². The number of hydrogen-bond donors (Lipinski definition) is 2. The zero-order valence-corrected chi connectivity index (χ0v) is 7.39.